The first-order valence-corrected chi connectivity index (χ1v) is 7.17. The van der Waals surface area contributed by atoms with Gasteiger partial charge in [-0.2, -0.15) is 0 Å². The number of anilines is 1. The van der Waals surface area contributed by atoms with E-state index in [0.717, 1.165) is 23.3 Å². The van der Waals surface area contributed by atoms with Crippen molar-refractivity contribution in [3.63, 3.8) is 0 Å². The smallest absolute Gasteiger partial charge is 0.190 e. The maximum atomic E-state index is 11.3. The van der Waals surface area contributed by atoms with E-state index in [4.69, 9.17) is 0 Å². The van der Waals surface area contributed by atoms with Crippen molar-refractivity contribution < 1.29 is 4.79 Å². The van der Waals surface area contributed by atoms with Gasteiger partial charge in [-0.05, 0) is 32.9 Å². The fourth-order valence-electron chi connectivity index (χ4n) is 1.65. The number of Topliss-reactive ketones (excluding diaryl/α,β-unsaturated/α-hetero) is 1. The van der Waals surface area contributed by atoms with Crippen LogP contribution in [0.4, 0.5) is 5.82 Å². The SMILES string of the molecule is CCNc1nc(SC(C)C(C)=O)nc2ccccc12. The van der Waals surface area contributed by atoms with E-state index in [1.807, 2.05) is 38.1 Å². The second-order valence-corrected chi connectivity index (χ2v) is 5.58. The third kappa shape index (κ3) is 3.23. The van der Waals surface area contributed by atoms with Crippen LogP contribution in [-0.4, -0.2) is 27.5 Å². The van der Waals surface area contributed by atoms with Crippen molar-refractivity contribution in [2.75, 3.05) is 11.9 Å². The Bertz CT molecular complexity index is 600. The molecule has 4 nitrogen and oxygen atoms in total. The minimum Gasteiger partial charge on any atom is -0.370 e. The van der Waals surface area contributed by atoms with Crippen molar-refractivity contribution >= 4 is 34.3 Å². The number of hydrogen-bond acceptors (Lipinski definition) is 5. The molecule has 0 aliphatic rings. The second-order valence-electron chi connectivity index (χ2n) is 4.27. The van der Waals surface area contributed by atoms with Crippen molar-refractivity contribution in [1.82, 2.24) is 9.97 Å². The number of benzene rings is 1. The van der Waals surface area contributed by atoms with E-state index in [1.54, 1.807) is 6.92 Å². The second kappa shape index (κ2) is 6.02. The zero-order valence-electron chi connectivity index (χ0n) is 11.3. The maximum absolute atomic E-state index is 11.3. The Morgan fingerprint density at radius 3 is 2.79 bits per heavy atom. The zero-order valence-corrected chi connectivity index (χ0v) is 12.1. The molecule has 2 rings (SSSR count). The van der Waals surface area contributed by atoms with Gasteiger partial charge in [0.05, 0.1) is 10.8 Å². The highest BCUT2D eigenvalue weighted by Crippen LogP contribution is 2.26. The third-order valence-electron chi connectivity index (χ3n) is 2.78. The molecule has 1 unspecified atom stereocenters. The molecule has 0 amide bonds. The lowest BCUT2D eigenvalue weighted by Gasteiger charge is -2.10. The Hall–Kier alpha value is -1.62. The van der Waals surface area contributed by atoms with E-state index in [2.05, 4.69) is 15.3 Å². The Morgan fingerprint density at radius 2 is 2.11 bits per heavy atom. The van der Waals surface area contributed by atoms with Crippen LogP contribution in [0.15, 0.2) is 29.4 Å². The van der Waals surface area contributed by atoms with Crippen LogP contribution in [0.25, 0.3) is 10.9 Å². The molecular weight excluding hydrogens is 258 g/mol. The Labute approximate surface area is 117 Å². The van der Waals surface area contributed by atoms with Crippen LogP contribution in [0.2, 0.25) is 0 Å². The van der Waals surface area contributed by atoms with Gasteiger partial charge in [-0.25, -0.2) is 9.97 Å². The number of para-hydroxylation sites is 1. The molecule has 0 aliphatic heterocycles. The average molecular weight is 275 g/mol. The zero-order chi connectivity index (χ0) is 13.8. The molecule has 0 radical (unpaired) electrons. The minimum absolute atomic E-state index is 0.129. The van der Waals surface area contributed by atoms with Crippen molar-refractivity contribution in [1.29, 1.82) is 0 Å². The van der Waals surface area contributed by atoms with Crippen molar-refractivity contribution in [3.05, 3.63) is 24.3 Å². The number of carbonyl (C=O) groups is 1. The molecule has 0 aliphatic carbocycles. The van der Waals surface area contributed by atoms with Gasteiger partial charge >= 0.3 is 0 Å². The predicted molar refractivity (Wildman–Crippen MR) is 79.7 cm³/mol. The monoisotopic (exact) mass is 275 g/mol. The molecule has 1 heterocycles. The van der Waals surface area contributed by atoms with Crippen LogP contribution in [0.3, 0.4) is 0 Å². The Kier molecular flexibility index (Phi) is 4.37. The molecular formula is C14H17N3OS. The van der Waals surface area contributed by atoms with Crippen LogP contribution in [-0.2, 0) is 4.79 Å². The molecule has 0 spiro atoms. The molecule has 1 N–H and O–H groups in total. The molecule has 5 heteroatoms. The number of nitrogens with zero attached hydrogens (tertiary/aromatic N) is 2. The fourth-order valence-corrected chi connectivity index (χ4v) is 2.43. The Morgan fingerprint density at radius 1 is 1.37 bits per heavy atom. The summed E-state index contributed by atoms with van der Waals surface area (Å²) >= 11 is 1.39. The van der Waals surface area contributed by atoms with Gasteiger partial charge in [-0.3, -0.25) is 4.79 Å². The lowest BCUT2D eigenvalue weighted by Crippen LogP contribution is -2.10. The first-order chi connectivity index (χ1) is 9.11. The first-order valence-electron chi connectivity index (χ1n) is 6.29. The van der Waals surface area contributed by atoms with Gasteiger partial charge in [-0.1, -0.05) is 23.9 Å². The lowest BCUT2D eigenvalue weighted by molar-refractivity contribution is -0.116. The van der Waals surface area contributed by atoms with Gasteiger partial charge in [0.2, 0.25) is 0 Å². The minimum atomic E-state index is -0.129. The van der Waals surface area contributed by atoms with E-state index in [9.17, 15) is 4.79 Å². The van der Waals surface area contributed by atoms with Crippen LogP contribution in [0.1, 0.15) is 20.8 Å². The van der Waals surface area contributed by atoms with Gasteiger partial charge in [0.25, 0.3) is 0 Å². The number of fused-ring (bicyclic) bond motifs is 1. The fraction of sp³-hybridized carbons (Fsp3) is 0.357. The summed E-state index contributed by atoms with van der Waals surface area (Å²) in [5.74, 6) is 0.957. The quantitative estimate of drug-likeness (QED) is 0.671. The summed E-state index contributed by atoms with van der Waals surface area (Å²) in [6.07, 6.45) is 0. The van der Waals surface area contributed by atoms with Crippen LogP contribution < -0.4 is 5.32 Å². The van der Waals surface area contributed by atoms with Crippen LogP contribution in [0, 0.1) is 0 Å². The van der Waals surface area contributed by atoms with Gasteiger partial charge < -0.3 is 5.32 Å². The van der Waals surface area contributed by atoms with E-state index in [-0.39, 0.29) is 11.0 Å². The van der Waals surface area contributed by atoms with Crippen LogP contribution in [0.5, 0.6) is 0 Å². The molecule has 1 atom stereocenters. The summed E-state index contributed by atoms with van der Waals surface area (Å²) in [7, 11) is 0. The van der Waals surface area contributed by atoms with E-state index in [1.165, 1.54) is 11.8 Å². The van der Waals surface area contributed by atoms with E-state index >= 15 is 0 Å². The average Bonchev–Trinajstić information content (AvgIpc) is 2.39. The predicted octanol–water partition coefficient (Wildman–Crippen LogP) is 3.13. The molecule has 100 valence electrons. The van der Waals surface area contributed by atoms with E-state index < -0.39 is 0 Å². The molecule has 19 heavy (non-hydrogen) atoms. The number of thioether (sulfide) groups is 1. The molecule has 0 saturated heterocycles. The molecule has 1 aromatic carbocycles. The summed E-state index contributed by atoms with van der Waals surface area (Å²) < 4.78 is 0. The number of aromatic nitrogens is 2. The number of carbonyl (C=O) groups excluding carboxylic acids is 1. The molecule has 0 saturated carbocycles. The van der Waals surface area contributed by atoms with Gasteiger partial charge in [-0.15, -0.1) is 0 Å². The number of hydrogen-bond donors (Lipinski definition) is 1. The number of nitrogens with one attached hydrogen (secondary N) is 1. The summed E-state index contributed by atoms with van der Waals surface area (Å²) in [6.45, 7) is 6.29. The molecule has 0 bridgehead atoms. The van der Waals surface area contributed by atoms with Crippen LogP contribution >= 0.6 is 11.8 Å². The Balaban J connectivity index is 2.42. The summed E-state index contributed by atoms with van der Waals surface area (Å²) in [6, 6.07) is 7.88. The lowest BCUT2D eigenvalue weighted by atomic mass is 10.2. The van der Waals surface area contributed by atoms with Crippen molar-refractivity contribution in [2.24, 2.45) is 0 Å². The van der Waals surface area contributed by atoms with Gasteiger partial charge in [0, 0.05) is 11.9 Å². The highest BCUT2D eigenvalue weighted by atomic mass is 32.2. The maximum Gasteiger partial charge on any atom is 0.190 e. The summed E-state index contributed by atoms with van der Waals surface area (Å²) in [5.41, 5.74) is 0.895. The molecule has 0 fully saturated rings. The largest absolute Gasteiger partial charge is 0.370 e. The van der Waals surface area contributed by atoms with Crippen molar-refractivity contribution in [2.45, 2.75) is 31.2 Å². The normalized spacial score (nSPS) is 12.4. The summed E-state index contributed by atoms with van der Waals surface area (Å²) in [4.78, 5) is 20.3. The van der Waals surface area contributed by atoms with Gasteiger partial charge in [0.1, 0.15) is 11.6 Å². The third-order valence-corrected chi connectivity index (χ3v) is 3.86. The number of ketones is 1. The highest BCUT2D eigenvalue weighted by molar-refractivity contribution is 8.00. The van der Waals surface area contributed by atoms with E-state index in [0.29, 0.717) is 5.16 Å². The molecule has 1 aromatic heterocycles. The first kappa shape index (κ1) is 13.8. The van der Waals surface area contributed by atoms with Crippen molar-refractivity contribution in [3.8, 4) is 0 Å². The molecule has 2 aromatic rings. The highest BCUT2D eigenvalue weighted by Gasteiger charge is 2.13. The van der Waals surface area contributed by atoms with Gasteiger partial charge in [0.15, 0.2) is 5.16 Å². The number of rotatable bonds is 5. The standard InChI is InChI=1S/C14H17N3OS/c1-4-15-13-11-7-5-6-8-12(11)16-14(17-13)19-10(3)9(2)18/h5-8,10H,4H2,1-3H3,(H,15,16,17). The summed E-state index contributed by atoms with van der Waals surface area (Å²) in [5, 5.41) is 4.76. The topological polar surface area (TPSA) is 54.9 Å².